The second-order valence-electron chi connectivity index (χ2n) is 4.32. The van der Waals surface area contributed by atoms with E-state index < -0.39 is 0 Å². The highest BCUT2D eigenvalue weighted by Crippen LogP contribution is 2.02. The largest absolute Gasteiger partial charge is 0.101 e. The highest BCUT2D eigenvalue weighted by Gasteiger charge is 1.87. The van der Waals surface area contributed by atoms with Crippen molar-refractivity contribution in [2.24, 2.45) is 0 Å². The summed E-state index contributed by atoms with van der Waals surface area (Å²) < 4.78 is 0. The zero-order valence-corrected chi connectivity index (χ0v) is 11.6. The van der Waals surface area contributed by atoms with Gasteiger partial charge in [-0.05, 0) is 62.1 Å². The molecule has 0 heteroatoms. The van der Waals surface area contributed by atoms with E-state index in [9.17, 15) is 0 Å². The van der Waals surface area contributed by atoms with Crippen LogP contribution in [0.15, 0.2) is 48.5 Å². The zero-order chi connectivity index (χ0) is 14.2. The highest BCUT2D eigenvalue weighted by molar-refractivity contribution is 5.46. The first-order chi connectivity index (χ1) is 9.78. The molecule has 0 spiro atoms. The van der Waals surface area contributed by atoms with E-state index >= 15 is 0 Å². The smallest absolute Gasteiger partial charge is 0.0256 e. The first-order valence-electron chi connectivity index (χ1n) is 6.39. The van der Waals surface area contributed by atoms with Gasteiger partial charge in [0.05, 0.1) is 0 Å². The summed E-state index contributed by atoms with van der Waals surface area (Å²) in [6.07, 6.45) is 0. The number of hydrogen-bond acceptors (Lipinski definition) is 0. The molecule has 20 heavy (non-hydrogen) atoms. The van der Waals surface area contributed by atoms with Crippen LogP contribution in [0.25, 0.3) is 0 Å². The second kappa shape index (κ2) is 6.89. The lowest BCUT2D eigenvalue weighted by atomic mass is 10.1. The molecule has 0 N–H and O–H groups in total. The lowest BCUT2D eigenvalue weighted by Crippen LogP contribution is -1.76. The lowest BCUT2D eigenvalue weighted by molar-refractivity contribution is 1.46. The summed E-state index contributed by atoms with van der Waals surface area (Å²) in [5.74, 6) is 17.7. The Hall–Kier alpha value is -2.88. The Morgan fingerprint density at radius 2 is 1.00 bits per heavy atom. The van der Waals surface area contributed by atoms with Crippen LogP contribution in [0.1, 0.15) is 29.2 Å². The molecule has 0 aliphatic heterocycles. The third kappa shape index (κ3) is 4.10. The molecule has 0 saturated carbocycles. The van der Waals surface area contributed by atoms with E-state index in [1.165, 1.54) is 5.56 Å². The number of hydrogen-bond donors (Lipinski definition) is 0. The number of aryl methyl sites for hydroxylation is 1. The van der Waals surface area contributed by atoms with Gasteiger partial charge in [0.15, 0.2) is 0 Å². The molecule has 2 aromatic carbocycles. The lowest BCUT2D eigenvalue weighted by Gasteiger charge is -1.90. The molecule has 0 saturated heterocycles. The zero-order valence-electron chi connectivity index (χ0n) is 11.6. The van der Waals surface area contributed by atoms with Gasteiger partial charge in [0.1, 0.15) is 0 Å². The van der Waals surface area contributed by atoms with Crippen molar-refractivity contribution >= 4 is 0 Å². The predicted octanol–water partition coefficient (Wildman–Crippen LogP) is 3.77. The molecule has 0 aromatic heterocycles. The van der Waals surface area contributed by atoms with Crippen molar-refractivity contribution in [3.63, 3.8) is 0 Å². The fourth-order valence-corrected chi connectivity index (χ4v) is 1.62. The molecular weight excluding hydrogens is 240 g/mol. The van der Waals surface area contributed by atoms with Crippen LogP contribution in [0.3, 0.4) is 0 Å². The molecule has 94 valence electrons. The normalized spacial score (nSPS) is 8.30. The molecule has 0 atom stereocenters. The summed E-state index contributed by atoms with van der Waals surface area (Å²) in [7, 11) is 0. The number of rotatable bonds is 0. The van der Waals surface area contributed by atoms with Crippen molar-refractivity contribution in [3.05, 3.63) is 70.8 Å². The van der Waals surface area contributed by atoms with Crippen molar-refractivity contribution in [1.29, 1.82) is 0 Å². The SMILES string of the molecule is CC#Cc1ccc(C#CC#Cc2ccc(C)cc2)cc1. The average molecular weight is 254 g/mol. The molecule has 0 bridgehead atoms. The molecular formula is C20H14. The molecule has 2 rings (SSSR count). The second-order valence-corrected chi connectivity index (χ2v) is 4.32. The van der Waals surface area contributed by atoms with Crippen molar-refractivity contribution < 1.29 is 0 Å². The van der Waals surface area contributed by atoms with Gasteiger partial charge >= 0.3 is 0 Å². The van der Waals surface area contributed by atoms with E-state index in [2.05, 4.69) is 42.4 Å². The average Bonchev–Trinajstić information content (AvgIpc) is 2.47. The van der Waals surface area contributed by atoms with Crippen LogP contribution >= 0.6 is 0 Å². The van der Waals surface area contributed by atoms with Crippen molar-refractivity contribution in [2.45, 2.75) is 13.8 Å². The minimum atomic E-state index is 0.949. The Balaban J connectivity index is 2.07. The third-order valence-corrected chi connectivity index (χ3v) is 2.68. The maximum atomic E-state index is 3.03. The molecule has 0 nitrogen and oxygen atoms in total. The van der Waals surface area contributed by atoms with E-state index in [4.69, 9.17) is 0 Å². The summed E-state index contributed by atoms with van der Waals surface area (Å²) in [4.78, 5) is 0. The Morgan fingerprint density at radius 1 is 0.600 bits per heavy atom. The van der Waals surface area contributed by atoms with Crippen LogP contribution in [0.5, 0.6) is 0 Å². The van der Waals surface area contributed by atoms with E-state index in [1.54, 1.807) is 0 Å². The van der Waals surface area contributed by atoms with Gasteiger partial charge in [0.25, 0.3) is 0 Å². The highest BCUT2D eigenvalue weighted by atomic mass is 13.9. The molecule has 0 fully saturated rings. The molecule has 2 aromatic rings. The minimum absolute atomic E-state index is 0.949. The fourth-order valence-electron chi connectivity index (χ4n) is 1.62. The van der Waals surface area contributed by atoms with Crippen molar-refractivity contribution in [1.82, 2.24) is 0 Å². The quantitative estimate of drug-likeness (QED) is 0.628. The van der Waals surface area contributed by atoms with Crippen LogP contribution in [0.2, 0.25) is 0 Å². The Labute approximate surface area is 120 Å². The Kier molecular flexibility index (Phi) is 4.67. The predicted molar refractivity (Wildman–Crippen MR) is 83.9 cm³/mol. The van der Waals surface area contributed by atoms with Gasteiger partial charge in [0.2, 0.25) is 0 Å². The standard InChI is InChI=1S/C20H14/c1-3-6-18-13-15-20(16-14-18)8-5-4-7-19-11-9-17(2)10-12-19/h9-16H,1-2H3. The van der Waals surface area contributed by atoms with Gasteiger partial charge < -0.3 is 0 Å². The third-order valence-electron chi connectivity index (χ3n) is 2.68. The maximum Gasteiger partial charge on any atom is 0.0256 e. The van der Waals surface area contributed by atoms with E-state index in [1.807, 2.05) is 55.5 Å². The van der Waals surface area contributed by atoms with Crippen LogP contribution in [0, 0.1) is 42.4 Å². The Bertz CT molecular complexity index is 756. The maximum absolute atomic E-state index is 3.03. The molecule has 0 aliphatic carbocycles. The van der Waals surface area contributed by atoms with Crippen molar-refractivity contribution in [3.8, 4) is 35.5 Å². The molecule has 0 radical (unpaired) electrons. The summed E-state index contributed by atoms with van der Waals surface area (Å²) in [6, 6.07) is 15.9. The van der Waals surface area contributed by atoms with E-state index in [-0.39, 0.29) is 0 Å². The van der Waals surface area contributed by atoms with Crippen LogP contribution in [-0.2, 0) is 0 Å². The van der Waals surface area contributed by atoms with Crippen LogP contribution in [-0.4, -0.2) is 0 Å². The van der Waals surface area contributed by atoms with E-state index in [0.29, 0.717) is 0 Å². The van der Waals surface area contributed by atoms with Gasteiger partial charge in [-0.25, -0.2) is 0 Å². The molecule has 0 aliphatic rings. The summed E-state index contributed by atoms with van der Waals surface area (Å²) >= 11 is 0. The van der Waals surface area contributed by atoms with Gasteiger partial charge in [-0.1, -0.05) is 35.5 Å². The monoisotopic (exact) mass is 254 g/mol. The molecule has 0 amide bonds. The summed E-state index contributed by atoms with van der Waals surface area (Å²) in [5, 5.41) is 0. The summed E-state index contributed by atoms with van der Waals surface area (Å²) in [6.45, 7) is 3.89. The topological polar surface area (TPSA) is 0 Å². The van der Waals surface area contributed by atoms with Gasteiger partial charge in [-0.3, -0.25) is 0 Å². The van der Waals surface area contributed by atoms with Crippen molar-refractivity contribution in [2.75, 3.05) is 0 Å². The Morgan fingerprint density at radius 3 is 1.45 bits per heavy atom. The number of benzene rings is 2. The van der Waals surface area contributed by atoms with Gasteiger partial charge in [-0.2, -0.15) is 0 Å². The minimum Gasteiger partial charge on any atom is -0.101 e. The molecule has 0 heterocycles. The van der Waals surface area contributed by atoms with Crippen LogP contribution in [0.4, 0.5) is 0 Å². The first kappa shape index (κ1) is 13.5. The van der Waals surface area contributed by atoms with Crippen LogP contribution < -0.4 is 0 Å². The molecule has 0 unspecified atom stereocenters. The van der Waals surface area contributed by atoms with Gasteiger partial charge in [-0.15, -0.1) is 5.92 Å². The first-order valence-corrected chi connectivity index (χ1v) is 6.39. The summed E-state index contributed by atoms with van der Waals surface area (Å²) in [5.41, 5.74) is 4.17. The fraction of sp³-hybridized carbons (Fsp3) is 0.100. The van der Waals surface area contributed by atoms with Gasteiger partial charge in [0, 0.05) is 16.7 Å². The van der Waals surface area contributed by atoms with E-state index in [0.717, 1.165) is 16.7 Å².